The molecule has 7 heteroatoms. The Labute approximate surface area is 162 Å². The van der Waals surface area contributed by atoms with E-state index in [4.69, 9.17) is 30.5 Å². The molecule has 0 amide bonds. The van der Waals surface area contributed by atoms with Crippen LogP contribution in [0.4, 0.5) is 0 Å². The fourth-order valence-corrected chi connectivity index (χ4v) is 3.36. The summed E-state index contributed by atoms with van der Waals surface area (Å²) < 4.78 is 21.7. The molecule has 0 aliphatic carbocycles. The second-order valence-electron chi connectivity index (χ2n) is 6.43. The SMILES string of the molecule is COc1cc(OC)c2c(c1Cl)CC(=O)/C=C/C=C\C1OC1CC(C)OC2=O. The molecule has 1 aromatic carbocycles. The first-order valence-electron chi connectivity index (χ1n) is 8.62. The third-order valence-electron chi connectivity index (χ3n) is 4.47. The first-order chi connectivity index (χ1) is 12.9. The summed E-state index contributed by atoms with van der Waals surface area (Å²) in [5.74, 6) is -0.252. The Balaban J connectivity index is 2.06. The quantitative estimate of drug-likeness (QED) is 0.568. The lowest BCUT2D eigenvalue weighted by molar-refractivity contribution is -0.114. The van der Waals surface area contributed by atoms with Crippen molar-refractivity contribution in [1.29, 1.82) is 0 Å². The highest BCUT2D eigenvalue weighted by Gasteiger charge is 2.38. The van der Waals surface area contributed by atoms with Crippen LogP contribution < -0.4 is 9.47 Å². The van der Waals surface area contributed by atoms with E-state index in [9.17, 15) is 9.59 Å². The molecule has 1 fully saturated rings. The van der Waals surface area contributed by atoms with Crippen molar-refractivity contribution in [1.82, 2.24) is 0 Å². The van der Waals surface area contributed by atoms with Gasteiger partial charge in [0.15, 0.2) is 5.78 Å². The van der Waals surface area contributed by atoms with Gasteiger partial charge in [-0.25, -0.2) is 4.79 Å². The molecule has 2 heterocycles. The van der Waals surface area contributed by atoms with Crippen LogP contribution >= 0.6 is 11.6 Å². The normalized spacial score (nSPS) is 27.5. The summed E-state index contributed by atoms with van der Waals surface area (Å²) in [5, 5.41) is 0.188. The van der Waals surface area contributed by atoms with E-state index < -0.39 is 5.97 Å². The molecule has 1 aromatic rings. The number of allylic oxidation sites excluding steroid dienone is 3. The maximum atomic E-state index is 12.9. The number of methoxy groups -OCH3 is 2. The molecular weight excluding hydrogens is 372 g/mol. The summed E-state index contributed by atoms with van der Waals surface area (Å²) in [6.07, 6.45) is 6.84. The van der Waals surface area contributed by atoms with E-state index in [1.807, 2.05) is 6.08 Å². The minimum Gasteiger partial charge on any atom is -0.496 e. The number of esters is 1. The van der Waals surface area contributed by atoms with Gasteiger partial charge in [-0.05, 0) is 13.0 Å². The molecule has 3 unspecified atom stereocenters. The molecule has 6 nitrogen and oxygen atoms in total. The first kappa shape index (κ1) is 19.5. The summed E-state index contributed by atoms with van der Waals surface area (Å²) in [6.45, 7) is 1.80. The number of ketones is 1. The Morgan fingerprint density at radius 2 is 1.89 bits per heavy atom. The largest absolute Gasteiger partial charge is 0.496 e. The van der Waals surface area contributed by atoms with E-state index in [-0.39, 0.29) is 46.9 Å². The minimum atomic E-state index is -0.597. The van der Waals surface area contributed by atoms with Crippen LogP contribution in [0.3, 0.4) is 0 Å². The van der Waals surface area contributed by atoms with Crippen molar-refractivity contribution >= 4 is 23.4 Å². The minimum absolute atomic E-state index is 0.00286. The fraction of sp³-hybridized carbons (Fsp3) is 0.400. The van der Waals surface area contributed by atoms with Crippen molar-refractivity contribution in [3.8, 4) is 11.5 Å². The van der Waals surface area contributed by atoms with E-state index in [0.29, 0.717) is 17.7 Å². The van der Waals surface area contributed by atoms with Crippen molar-refractivity contribution in [3.63, 3.8) is 0 Å². The highest BCUT2D eigenvalue weighted by atomic mass is 35.5. The van der Waals surface area contributed by atoms with Gasteiger partial charge >= 0.3 is 5.97 Å². The predicted octanol–water partition coefficient (Wildman–Crippen LogP) is 3.30. The van der Waals surface area contributed by atoms with E-state index in [1.54, 1.807) is 19.1 Å². The van der Waals surface area contributed by atoms with Crippen LogP contribution in [0.2, 0.25) is 5.02 Å². The molecule has 0 bridgehead atoms. The Kier molecular flexibility index (Phi) is 5.87. The van der Waals surface area contributed by atoms with Crippen molar-refractivity contribution in [2.45, 2.75) is 38.1 Å². The van der Waals surface area contributed by atoms with Crippen molar-refractivity contribution in [2.24, 2.45) is 0 Å². The molecule has 2 aliphatic rings. The zero-order chi connectivity index (χ0) is 19.6. The third-order valence-corrected chi connectivity index (χ3v) is 4.89. The smallest absolute Gasteiger partial charge is 0.342 e. The lowest BCUT2D eigenvalue weighted by atomic mass is 9.99. The highest BCUT2D eigenvalue weighted by Crippen LogP contribution is 2.39. The lowest BCUT2D eigenvalue weighted by Gasteiger charge is -2.19. The molecule has 0 radical (unpaired) electrons. The van der Waals surface area contributed by atoms with Gasteiger partial charge in [0.2, 0.25) is 0 Å². The molecule has 0 aromatic heterocycles. The van der Waals surface area contributed by atoms with Crippen LogP contribution in [0.5, 0.6) is 11.5 Å². The van der Waals surface area contributed by atoms with Gasteiger partial charge in [-0.15, -0.1) is 0 Å². The number of hydrogen-bond donors (Lipinski definition) is 0. The molecule has 0 saturated carbocycles. The summed E-state index contributed by atoms with van der Waals surface area (Å²) in [4.78, 5) is 25.2. The molecule has 1 saturated heterocycles. The van der Waals surface area contributed by atoms with Crippen LogP contribution in [-0.2, 0) is 20.7 Å². The number of hydrogen-bond acceptors (Lipinski definition) is 6. The van der Waals surface area contributed by atoms with Gasteiger partial charge in [0, 0.05) is 24.5 Å². The Morgan fingerprint density at radius 3 is 2.59 bits per heavy atom. The Hall–Kier alpha value is -2.31. The molecule has 2 aliphatic heterocycles. The Morgan fingerprint density at radius 1 is 1.15 bits per heavy atom. The van der Waals surface area contributed by atoms with Gasteiger partial charge in [-0.2, -0.15) is 0 Å². The monoisotopic (exact) mass is 392 g/mol. The van der Waals surface area contributed by atoms with E-state index >= 15 is 0 Å². The molecule has 0 N–H and O–H groups in total. The maximum absolute atomic E-state index is 12.9. The van der Waals surface area contributed by atoms with E-state index in [2.05, 4.69) is 0 Å². The van der Waals surface area contributed by atoms with Crippen LogP contribution in [0.25, 0.3) is 0 Å². The molecular formula is C20H21ClO6. The second-order valence-corrected chi connectivity index (χ2v) is 6.80. The molecule has 144 valence electrons. The second kappa shape index (κ2) is 8.15. The van der Waals surface area contributed by atoms with Crippen LogP contribution in [0.1, 0.15) is 29.3 Å². The summed E-state index contributed by atoms with van der Waals surface area (Å²) in [7, 11) is 2.88. The molecule has 3 atom stereocenters. The zero-order valence-electron chi connectivity index (χ0n) is 15.4. The number of cyclic esters (lactones) is 1. The van der Waals surface area contributed by atoms with Gasteiger partial charge in [0.1, 0.15) is 29.3 Å². The maximum Gasteiger partial charge on any atom is 0.342 e. The molecule has 0 spiro atoms. The highest BCUT2D eigenvalue weighted by molar-refractivity contribution is 6.33. The number of halogens is 1. The van der Waals surface area contributed by atoms with E-state index in [0.717, 1.165) is 0 Å². The number of epoxide rings is 1. The van der Waals surface area contributed by atoms with Crippen LogP contribution in [-0.4, -0.2) is 44.3 Å². The fourth-order valence-electron chi connectivity index (χ4n) is 3.06. The van der Waals surface area contributed by atoms with Gasteiger partial charge < -0.3 is 18.9 Å². The van der Waals surface area contributed by atoms with Crippen molar-refractivity contribution < 1.29 is 28.5 Å². The number of benzene rings is 1. The predicted molar refractivity (Wildman–Crippen MR) is 99.7 cm³/mol. The number of fused-ring (bicyclic) bond motifs is 2. The van der Waals surface area contributed by atoms with Crippen LogP contribution in [0.15, 0.2) is 30.4 Å². The Bertz CT molecular complexity index is 813. The van der Waals surface area contributed by atoms with Gasteiger partial charge in [0.25, 0.3) is 0 Å². The summed E-state index contributed by atoms with van der Waals surface area (Å²) in [6, 6.07) is 1.51. The van der Waals surface area contributed by atoms with Gasteiger partial charge in [-0.3, -0.25) is 4.79 Å². The van der Waals surface area contributed by atoms with E-state index in [1.165, 1.54) is 26.4 Å². The standard InChI is InChI=1S/C20H21ClO6/c1-11-8-15-14(27-15)7-5-4-6-12(22)9-13-18(20(23)26-11)16(24-2)10-17(25-3)19(13)21/h4-7,10-11,14-15H,8-9H2,1-3H3/b6-4+,7-5-. The third kappa shape index (κ3) is 4.34. The van der Waals surface area contributed by atoms with Crippen molar-refractivity contribution in [3.05, 3.63) is 46.5 Å². The lowest BCUT2D eigenvalue weighted by Crippen LogP contribution is -2.20. The first-order valence-corrected chi connectivity index (χ1v) is 8.99. The number of carbonyl (C=O) groups is 2. The molecule has 27 heavy (non-hydrogen) atoms. The van der Waals surface area contributed by atoms with Gasteiger partial charge in [-0.1, -0.05) is 29.8 Å². The summed E-state index contributed by atoms with van der Waals surface area (Å²) in [5.41, 5.74) is 0.457. The number of ether oxygens (including phenoxy) is 4. The van der Waals surface area contributed by atoms with Crippen LogP contribution in [0, 0.1) is 0 Å². The van der Waals surface area contributed by atoms with Gasteiger partial charge in [0.05, 0.1) is 25.3 Å². The summed E-state index contributed by atoms with van der Waals surface area (Å²) >= 11 is 6.41. The topological polar surface area (TPSA) is 74.4 Å². The number of rotatable bonds is 2. The average molecular weight is 393 g/mol. The zero-order valence-corrected chi connectivity index (χ0v) is 16.1. The van der Waals surface area contributed by atoms with Crippen molar-refractivity contribution in [2.75, 3.05) is 14.2 Å². The molecule has 3 rings (SSSR count). The number of carbonyl (C=O) groups excluding carboxylic acids is 2. The average Bonchev–Trinajstić information content (AvgIpc) is 3.36.